The van der Waals surface area contributed by atoms with E-state index < -0.39 is 16.0 Å². The highest BCUT2D eigenvalue weighted by molar-refractivity contribution is 7.89. The van der Waals surface area contributed by atoms with Crippen LogP contribution in [0.25, 0.3) is 0 Å². The lowest BCUT2D eigenvalue weighted by atomic mass is 9.98. The number of esters is 1. The van der Waals surface area contributed by atoms with E-state index in [0.717, 1.165) is 12.8 Å². The van der Waals surface area contributed by atoms with E-state index in [4.69, 9.17) is 9.47 Å². The van der Waals surface area contributed by atoms with E-state index in [9.17, 15) is 18.0 Å². The number of ether oxygens (including phenoxy) is 2. The van der Waals surface area contributed by atoms with Crippen LogP contribution in [-0.4, -0.2) is 57.4 Å². The zero-order valence-electron chi connectivity index (χ0n) is 15.2. The molecule has 0 spiro atoms. The van der Waals surface area contributed by atoms with E-state index in [2.05, 4.69) is 5.32 Å². The van der Waals surface area contributed by atoms with Crippen molar-refractivity contribution in [1.29, 1.82) is 0 Å². The first-order valence-electron chi connectivity index (χ1n) is 9.00. The highest BCUT2D eigenvalue weighted by Crippen LogP contribution is 2.25. The fourth-order valence-electron chi connectivity index (χ4n) is 2.98. The van der Waals surface area contributed by atoms with Crippen LogP contribution in [0.15, 0.2) is 29.2 Å². The number of hydrogen-bond donors (Lipinski definition) is 1. The van der Waals surface area contributed by atoms with Crippen LogP contribution in [-0.2, 0) is 24.3 Å². The summed E-state index contributed by atoms with van der Waals surface area (Å²) in [6.45, 7) is 0.199. The van der Waals surface area contributed by atoms with Crippen molar-refractivity contribution >= 4 is 21.9 Å². The van der Waals surface area contributed by atoms with Crippen molar-refractivity contribution in [3.05, 3.63) is 24.3 Å². The van der Waals surface area contributed by atoms with Gasteiger partial charge in [0.25, 0.3) is 5.91 Å². The Bertz CT molecular complexity index is 781. The first kappa shape index (κ1) is 19.6. The maximum atomic E-state index is 12.7. The van der Waals surface area contributed by atoms with Gasteiger partial charge >= 0.3 is 5.97 Å². The molecule has 1 aromatic carbocycles. The number of benzene rings is 1. The van der Waals surface area contributed by atoms with E-state index in [0.29, 0.717) is 18.6 Å². The van der Waals surface area contributed by atoms with Crippen molar-refractivity contribution in [2.45, 2.75) is 36.6 Å². The molecule has 1 amide bonds. The largest absolute Gasteiger partial charge is 0.497 e. The van der Waals surface area contributed by atoms with E-state index in [1.165, 1.54) is 23.5 Å². The number of methoxy groups -OCH3 is 1. The van der Waals surface area contributed by atoms with Gasteiger partial charge in [-0.2, -0.15) is 4.31 Å². The van der Waals surface area contributed by atoms with E-state index in [1.54, 1.807) is 12.1 Å². The summed E-state index contributed by atoms with van der Waals surface area (Å²) in [5, 5.41) is 2.75. The molecule has 1 aliphatic heterocycles. The van der Waals surface area contributed by atoms with Gasteiger partial charge in [0, 0.05) is 19.1 Å². The number of piperidine rings is 1. The second-order valence-electron chi connectivity index (χ2n) is 6.80. The van der Waals surface area contributed by atoms with E-state index in [-0.39, 0.29) is 42.5 Å². The molecule has 1 aliphatic carbocycles. The second kappa shape index (κ2) is 8.26. The summed E-state index contributed by atoms with van der Waals surface area (Å²) in [6.07, 6.45) is 2.69. The maximum absolute atomic E-state index is 12.7. The number of nitrogens with one attached hydrogen (secondary N) is 1. The molecule has 9 heteroatoms. The number of amides is 1. The molecule has 0 atom stereocenters. The monoisotopic (exact) mass is 396 g/mol. The zero-order chi connectivity index (χ0) is 19.4. The van der Waals surface area contributed by atoms with Crippen LogP contribution in [0.2, 0.25) is 0 Å². The summed E-state index contributed by atoms with van der Waals surface area (Å²) < 4.78 is 36.9. The summed E-state index contributed by atoms with van der Waals surface area (Å²) in [4.78, 5) is 23.9. The molecule has 2 aliphatic rings. The van der Waals surface area contributed by atoms with Gasteiger partial charge in [0.05, 0.1) is 17.9 Å². The Morgan fingerprint density at radius 2 is 1.74 bits per heavy atom. The summed E-state index contributed by atoms with van der Waals surface area (Å²) in [5.74, 6) is -0.532. The molecule has 1 saturated heterocycles. The van der Waals surface area contributed by atoms with Gasteiger partial charge in [0.15, 0.2) is 6.61 Å². The molecule has 27 heavy (non-hydrogen) atoms. The minimum Gasteiger partial charge on any atom is -0.497 e. The number of sulfonamides is 1. The maximum Gasteiger partial charge on any atom is 0.309 e. The predicted molar refractivity (Wildman–Crippen MR) is 96.6 cm³/mol. The molecule has 0 radical (unpaired) electrons. The minimum atomic E-state index is -3.61. The molecule has 0 unspecified atom stereocenters. The second-order valence-corrected chi connectivity index (χ2v) is 8.74. The Balaban J connectivity index is 1.49. The average Bonchev–Trinajstić information content (AvgIpc) is 3.50. The smallest absolute Gasteiger partial charge is 0.309 e. The number of carbonyl (C=O) groups excluding carboxylic acids is 2. The molecule has 1 heterocycles. The number of rotatable bonds is 7. The summed E-state index contributed by atoms with van der Waals surface area (Å²) in [7, 11) is -2.09. The topological polar surface area (TPSA) is 102 Å². The molecular formula is C18H24N2O6S. The summed E-state index contributed by atoms with van der Waals surface area (Å²) >= 11 is 0. The number of nitrogens with zero attached hydrogens (tertiary/aromatic N) is 1. The van der Waals surface area contributed by atoms with Gasteiger partial charge in [-0.15, -0.1) is 0 Å². The minimum absolute atomic E-state index is 0.195. The molecule has 0 aromatic heterocycles. The van der Waals surface area contributed by atoms with Crippen LogP contribution < -0.4 is 10.1 Å². The van der Waals surface area contributed by atoms with Gasteiger partial charge in [0.2, 0.25) is 10.0 Å². The molecule has 1 aromatic rings. The Hall–Kier alpha value is -2.13. The lowest BCUT2D eigenvalue weighted by Gasteiger charge is -2.30. The van der Waals surface area contributed by atoms with Gasteiger partial charge in [-0.3, -0.25) is 9.59 Å². The van der Waals surface area contributed by atoms with Crippen molar-refractivity contribution in [2.24, 2.45) is 5.92 Å². The number of hydrogen-bond acceptors (Lipinski definition) is 6. The van der Waals surface area contributed by atoms with Gasteiger partial charge in [0.1, 0.15) is 5.75 Å². The third kappa shape index (κ3) is 4.98. The molecule has 148 valence electrons. The highest BCUT2D eigenvalue weighted by atomic mass is 32.2. The molecular weight excluding hydrogens is 372 g/mol. The molecule has 1 N–H and O–H groups in total. The molecule has 0 bridgehead atoms. The van der Waals surface area contributed by atoms with Gasteiger partial charge < -0.3 is 14.8 Å². The molecule has 1 saturated carbocycles. The Kier molecular flexibility index (Phi) is 6.01. The van der Waals surface area contributed by atoms with Gasteiger partial charge in [-0.05, 0) is 49.9 Å². The van der Waals surface area contributed by atoms with E-state index in [1.807, 2.05) is 0 Å². The van der Waals surface area contributed by atoms with Crippen LogP contribution in [0, 0.1) is 5.92 Å². The lowest BCUT2D eigenvalue weighted by Crippen LogP contribution is -2.41. The Morgan fingerprint density at radius 1 is 1.11 bits per heavy atom. The van der Waals surface area contributed by atoms with Gasteiger partial charge in [-0.25, -0.2) is 8.42 Å². The molecule has 3 rings (SSSR count). The molecule has 8 nitrogen and oxygen atoms in total. The quantitative estimate of drug-likeness (QED) is 0.688. The zero-order valence-corrected chi connectivity index (χ0v) is 16.0. The van der Waals surface area contributed by atoms with Crippen molar-refractivity contribution in [2.75, 3.05) is 26.8 Å². The average molecular weight is 396 g/mol. The summed E-state index contributed by atoms with van der Waals surface area (Å²) in [5.41, 5.74) is 0. The van der Waals surface area contributed by atoms with Crippen LogP contribution in [0.1, 0.15) is 25.7 Å². The van der Waals surface area contributed by atoms with Crippen molar-refractivity contribution in [1.82, 2.24) is 9.62 Å². The van der Waals surface area contributed by atoms with Crippen molar-refractivity contribution < 1.29 is 27.5 Å². The fraction of sp³-hybridized carbons (Fsp3) is 0.556. The number of carbonyl (C=O) groups is 2. The van der Waals surface area contributed by atoms with Crippen LogP contribution >= 0.6 is 0 Å². The van der Waals surface area contributed by atoms with Crippen molar-refractivity contribution in [3.63, 3.8) is 0 Å². The third-order valence-corrected chi connectivity index (χ3v) is 6.69. The van der Waals surface area contributed by atoms with Crippen molar-refractivity contribution in [3.8, 4) is 5.75 Å². The Labute approximate surface area is 158 Å². The first-order chi connectivity index (χ1) is 12.9. The SMILES string of the molecule is COc1ccc(S(=O)(=O)N2CCC(C(=O)OCC(=O)NC3CC3)CC2)cc1. The normalized spacial score (nSPS) is 18.7. The standard InChI is InChI=1S/C18H24N2O6S/c1-25-15-4-6-16(7-5-15)27(23,24)20-10-8-13(9-11-20)18(22)26-12-17(21)19-14-2-3-14/h4-7,13-14H,2-3,8-12H2,1H3,(H,19,21). The van der Waals surface area contributed by atoms with Gasteiger partial charge in [-0.1, -0.05) is 0 Å². The fourth-order valence-corrected chi connectivity index (χ4v) is 4.45. The highest BCUT2D eigenvalue weighted by Gasteiger charge is 2.33. The molecule has 2 fully saturated rings. The van der Waals surface area contributed by atoms with Crippen LogP contribution in [0.5, 0.6) is 5.75 Å². The predicted octanol–water partition coefficient (Wildman–Crippen LogP) is 0.918. The van der Waals surface area contributed by atoms with Crippen LogP contribution in [0.4, 0.5) is 0 Å². The lowest BCUT2D eigenvalue weighted by molar-refractivity contribution is -0.153. The third-order valence-electron chi connectivity index (χ3n) is 4.77. The Morgan fingerprint density at radius 3 is 2.30 bits per heavy atom. The first-order valence-corrected chi connectivity index (χ1v) is 10.4. The van der Waals surface area contributed by atoms with Crippen LogP contribution in [0.3, 0.4) is 0 Å². The van der Waals surface area contributed by atoms with E-state index >= 15 is 0 Å². The summed E-state index contributed by atoms with van der Waals surface area (Å²) in [6, 6.07) is 6.44.